The zero-order chi connectivity index (χ0) is 20.1. The van der Waals surface area contributed by atoms with E-state index in [1.165, 1.54) is 19.1 Å². The van der Waals surface area contributed by atoms with Gasteiger partial charge in [-0.15, -0.1) is 11.8 Å². The normalized spacial score (nSPS) is 16.2. The van der Waals surface area contributed by atoms with Crippen molar-refractivity contribution in [3.63, 3.8) is 0 Å². The van der Waals surface area contributed by atoms with Crippen molar-refractivity contribution < 1.29 is 23.9 Å². The molecule has 8 heteroatoms. The first-order valence-corrected chi connectivity index (χ1v) is 9.63. The number of amides is 3. The van der Waals surface area contributed by atoms with Crippen LogP contribution in [0.5, 0.6) is 11.5 Å². The highest BCUT2D eigenvalue weighted by Crippen LogP contribution is 2.30. The molecule has 146 valence electrons. The summed E-state index contributed by atoms with van der Waals surface area (Å²) in [6, 6.07) is 13.8. The Morgan fingerprint density at radius 2 is 1.75 bits per heavy atom. The number of nitrogens with zero attached hydrogens (tertiary/aromatic N) is 1. The first-order valence-electron chi connectivity index (χ1n) is 8.58. The summed E-state index contributed by atoms with van der Waals surface area (Å²) in [5.41, 5.74) is 1.08. The topological polar surface area (TPSA) is 84.9 Å². The molecule has 0 unspecified atom stereocenters. The van der Waals surface area contributed by atoms with E-state index in [4.69, 9.17) is 9.47 Å². The van der Waals surface area contributed by atoms with Gasteiger partial charge in [-0.05, 0) is 12.1 Å². The summed E-state index contributed by atoms with van der Waals surface area (Å²) in [5.74, 6) is 0.323. The molecule has 0 bridgehead atoms. The molecule has 1 fully saturated rings. The van der Waals surface area contributed by atoms with Gasteiger partial charge in [0.05, 0.1) is 30.9 Å². The average molecular weight is 400 g/mol. The molecule has 3 amide bonds. The number of rotatable bonds is 7. The fourth-order valence-corrected chi connectivity index (χ4v) is 3.77. The largest absolute Gasteiger partial charge is 0.497 e. The number of benzene rings is 2. The van der Waals surface area contributed by atoms with Crippen molar-refractivity contribution in [1.82, 2.24) is 0 Å². The number of nitrogens with one attached hydrogen (secondary N) is 1. The van der Waals surface area contributed by atoms with Crippen molar-refractivity contribution in [2.24, 2.45) is 0 Å². The van der Waals surface area contributed by atoms with E-state index in [0.29, 0.717) is 22.9 Å². The minimum Gasteiger partial charge on any atom is -0.497 e. The highest BCUT2D eigenvalue weighted by Gasteiger charge is 2.39. The SMILES string of the molecule is COc1cc(NC(=O)CS[C@@H]2CC(=O)N(c3ccccc3)C2=O)cc(OC)c1. The molecule has 1 heterocycles. The van der Waals surface area contributed by atoms with E-state index in [9.17, 15) is 14.4 Å². The van der Waals surface area contributed by atoms with Gasteiger partial charge in [0, 0.05) is 30.3 Å². The number of para-hydroxylation sites is 1. The van der Waals surface area contributed by atoms with Crippen molar-refractivity contribution in [2.45, 2.75) is 11.7 Å². The third kappa shape index (κ3) is 4.45. The van der Waals surface area contributed by atoms with E-state index in [1.807, 2.05) is 6.07 Å². The Kier molecular flexibility index (Phi) is 6.20. The van der Waals surface area contributed by atoms with Crippen molar-refractivity contribution in [3.8, 4) is 11.5 Å². The van der Waals surface area contributed by atoms with Crippen molar-refractivity contribution in [2.75, 3.05) is 30.2 Å². The van der Waals surface area contributed by atoms with Crippen molar-refractivity contribution in [3.05, 3.63) is 48.5 Å². The molecule has 0 saturated carbocycles. The van der Waals surface area contributed by atoms with Gasteiger partial charge in [0.2, 0.25) is 17.7 Å². The number of hydrogen-bond donors (Lipinski definition) is 1. The second-order valence-corrected chi connectivity index (χ2v) is 7.25. The molecule has 1 atom stereocenters. The number of carbonyl (C=O) groups excluding carboxylic acids is 3. The first kappa shape index (κ1) is 19.8. The van der Waals surface area contributed by atoms with Crippen LogP contribution in [0.15, 0.2) is 48.5 Å². The van der Waals surface area contributed by atoms with Crippen molar-refractivity contribution in [1.29, 1.82) is 0 Å². The van der Waals surface area contributed by atoms with Crippen molar-refractivity contribution >= 4 is 40.9 Å². The van der Waals surface area contributed by atoms with Gasteiger partial charge in [-0.25, -0.2) is 4.90 Å². The lowest BCUT2D eigenvalue weighted by Gasteiger charge is -2.14. The highest BCUT2D eigenvalue weighted by molar-refractivity contribution is 8.01. The summed E-state index contributed by atoms with van der Waals surface area (Å²) in [7, 11) is 3.05. The van der Waals surface area contributed by atoms with E-state index in [0.717, 1.165) is 11.8 Å². The molecule has 0 spiro atoms. The summed E-state index contributed by atoms with van der Waals surface area (Å²) >= 11 is 1.15. The summed E-state index contributed by atoms with van der Waals surface area (Å²) in [4.78, 5) is 38.3. The Morgan fingerprint density at radius 3 is 2.36 bits per heavy atom. The van der Waals surface area contributed by atoms with Crippen LogP contribution in [0.25, 0.3) is 0 Å². The third-order valence-electron chi connectivity index (χ3n) is 4.17. The van der Waals surface area contributed by atoms with Crippen LogP contribution in [-0.2, 0) is 14.4 Å². The molecule has 3 rings (SSSR count). The maximum absolute atomic E-state index is 12.6. The number of carbonyl (C=O) groups is 3. The smallest absolute Gasteiger partial charge is 0.247 e. The second kappa shape index (κ2) is 8.79. The van der Waals surface area contributed by atoms with E-state index < -0.39 is 5.25 Å². The number of thioether (sulfide) groups is 1. The monoisotopic (exact) mass is 400 g/mol. The van der Waals surface area contributed by atoms with E-state index in [-0.39, 0.29) is 29.9 Å². The van der Waals surface area contributed by atoms with Crippen LogP contribution in [0.1, 0.15) is 6.42 Å². The van der Waals surface area contributed by atoms with Gasteiger partial charge in [-0.2, -0.15) is 0 Å². The molecule has 0 aliphatic carbocycles. The molecular weight excluding hydrogens is 380 g/mol. The lowest BCUT2D eigenvalue weighted by Crippen LogP contribution is -2.31. The quantitative estimate of drug-likeness (QED) is 0.720. The summed E-state index contributed by atoms with van der Waals surface area (Å²) in [6.07, 6.45) is 0.0820. The zero-order valence-electron chi connectivity index (χ0n) is 15.5. The molecule has 1 aliphatic rings. The lowest BCUT2D eigenvalue weighted by atomic mass is 10.2. The summed E-state index contributed by atoms with van der Waals surface area (Å²) in [5, 5.41) is 2.18. The van der Waals surface area contributed by atoms with Crippen LogP contribution in [0.3, 0.4) is 0 Å². The van der Waals surface area contributed by atoms with Crippen LogP contribution in [0.2, 0.25) is 0 Å². The van der Waals surface area contributed by atoms with Gasteiger partial charge in [0.15, 0.2) is 0 Å². The van der Waals surface area contributed by atoms with Crippen LogP contribution in [0.4, 0.5) is 11.4 Å². The zero-order valence-corrected chi connectivity index (χ0v) is 16.3. The van der Waals surface area contributed by atoms with Crippen LogP contribution < -0.4 is 19.7 Å². The molecular formula is C20H20N2O5S. The van der Waals surface area contributed by atoms with Crippen LogP contribution >= 0.6 is 11.8 Å². The fraction of sp³-hybridized carbons (Fsp3) is 0.250. The molecule has 1 saturated heterocycles. The molecule has 0 radical (unpaired) electrons. The second-order valence-electron chi connectivity index (χ2n) is 6.06. The molecule has 2 aromatic carbocycles. The highest BCUT2D eigenvalue weighted by atomic mass is 32.2. The average Bonchev–Trinajstić information content (AvgIpc) is 2.99. The Balaban J connectivity index is 1.59. The van der Waals surface area contributed by atoms with Gasteiger partial charge in [0.25, 0.3) is 0 Å². The standard InChI is InChI=1S/C20H20N2O5S/c1-26-15-8-13(9-16(10-15)27-2)21-18(23)12-28-17-11-19(24)22(20(17)25)14-6-4-3-5-7-14/h3-10,17H,11-12H2,1-2H3,(H,21,23)/t17-/m1/s1. The third-order valence-corrected chi connectivity index (χ3v) is 5.37. The van der Waals surface area contributed by atoms with Gasteiger partial charge in [0.1, 0.15) is 11.5 Å². The van der Waals surface area contributed by atoms with E-state index in [2.05, 4.69) is 5.32 Å². The van der Waals surface area contributed by atoms with Crippen LogP contribution in [-0.4, -0.2) is 42.9 Å². The maximum Gasteiger partial charge on any atom is 0.247 e. The van der Waals surface area contributed by atoms with E-state index in [1.54, 1.807) is 42.5 Å². The molecule has 0 aromatic heterocycles. The Hall–Kier alpha value is -3.00. The number of hydrogen-bond acceptors (Lipinski definition) is 6. The fourth-order valence-electron chi connectivity index (χ4n) is 2.84. The Labute approximate surface area is 167 Å². The minimum absolute atomic E-state index is 0.0475. The number of methoxy groups -OCH3 is 2. The van der Waals surface area contributed by atoms with E-state index >= 15 is 0 Å². The van der Waals surface area contributed by atoms with Gasteiger partial charge < -0.3 is 14.8 Å². The number of anilines is 2. The first-order chi connectivity index (χ1) is 13.5. The van der Waals surface area contributed by atoms with Crippen LogP contribution in [0, 0.1) is 0 Å². The minimum atomic E-state index is -0.571. The lowest BCUT2D eigenvalue weighted by molar-refractivity contribution is -0.121. The molecule has 1 N–H and O–H groups in total. The van der Waals surface area contributed by atoms with Gasteiger partial charge >= 0.3 is 0 Å². The summed E-state index contributed by atoms with van der Waals surface area (Å²) in [6.45, 7) is 0. The predicted octanol–water partition coefficient (Wildman–Crippen LogP) is 2.71. The van der Waals surface area contributed by atoms with Gasteiger partial charge in [-0.3, -0.25) is 14.4 Å². The molecule has 1 aliphatic heterocycles. The predicted molar refractivity (Wildman–Crippen MR) is 108 cm³/mol. The Bertz CT molecular complexity index is 865. The van der Waals surface area contributed by atoms with Gasteiger partial charge in [-0.1, -0.05) is 18.2 Å². The number of imide groups is 1. The Morgan fingerprint density at radius 1 is 1.11 bits per heavy atom. The molecule has 7 nitrogen and oxygen atoms in total. The molecule has 28 heavy (non-hydrogen) atoms. The number of ether oxygens (including phenoxy) is 2. The summed E-state index contributed by atoms with van der Waals surface area (Å²) < 4.78 is 10.4. The molecule has 2 aromatic rings. The maximum atomic E-state index is 12.6.